The van der Waals surface area contributed by atoms with Crippen molar-refractivity contribution < 1.29 is 13.0 Å². The number of rotatable bonds is 4. The van der Waals surface area contributed by atoms with Gasteiger partial charge in [0.25, 0.3) is 10.1 Å². The molecule has 5 heteroatoms. The molecular weight excluding hydrogens is 363 g/mol. The largest absolute Gasteiger partial charge is 0.286 e. The van der Waals surface area contributed by atoms with Crippen LogP contribution in [0.25, 0.3) is 0 Å². The molecule has 0 saturated carbocycles. The van der Waals surface area contributed by atoms with Crippen molar-refractivity contribution in [2.45, 2.75) is 6.92 Å². The van der Waals surface area contributed by atoms with E-state index in [1.165, 1.54) is 22.1 Å². The molecule has 26 heavy (non-hydrogen) atoms. The van der Waals surface area contributed by atoms with Crippen LogP contribution in [0.4, 0.5) is 0 Å². The molecule has 0 aromatic heterocycles. The van der Waals surface area contributed by atoms with Crippen molar-refractivity contribution in [3.05, 3.63) is 91.0 Å². The fourth-order valence-electron chi connectivity index (χ4n) is 3.28. The van der Waals surface area contributed by atoms with Gasteiger partial charge in [-0.15, -0.1) is 0 Å². The van der Waals surface area contributed by atoms with E-state index in [1.54, 1.807) is 0 Å². The Morgan fingerprint density at radius 2 is 0.923 bits per heavy atom. The van der Waals surface area contributed by atoms with Crippen LogP contribution in [0.2, 0.25) is 0 Å². The molecule has 3 rings (SSSR count). The van der Waals surface area contributed by atoms with Gasteiger partial charge in [0.2, 0.25) is 0 Å². The average Bonchev–Trinajstić information content (AvgIpc) is 2.64. The third-order valence-corrected chi connectivity index (χ3v) is 9.35. The van der Waals surface area contributed by atoms with Gasteiger partial charge in [0.05, 0.1) is 6.26 Å². The average molecular weight is 388 g/mol. The maximum atomic E-state index is 9.19. The maximum Gasteiger partial charge on any atom is 0.261 e. The van der Waals surface area contributed by atoms with E-state index in [4.69, 9.17) is 4.55 Å². The van der Waals surface area contributed by atoms with Crippen LogP contribution in [0, 0.1) is 0 Å². The normalized spacial score (nSPS) is 12.0. The Kier molecular flexibility index (Phi) is 7.10. The molecule has 0 spiro atoms. The predicted octanol–water partition coefficient (Wildman–Crippen LogP) is 3.24. The summed E-state index contributed by atoms with van der Waals surface area (Å²) in [5.74, 6) is 0. The topological polar surface area (TPSA) is 54.4 Å². The summed E-state index contributed by atoms with van der Waals surface area (Å²) in [6, 6.07) is 33.1. The molecule has 0 aliphatic heterocycles. The van der Waals surface area contributed by atoms with Crippen LogP contribution in [-0.2, 0) is 10.1 Å². The minimum absolute atomic E-state index is 0.715. The standard InChI is InChI=1S/C20H21P.CH4O3S/c1-2-21(18-12-6-3-7-13-18,19-14-8-4-9-15-19)20-16-10-5-11-17-20;1-5(2,3)4/h3-17,21H,2H2,1H3;1H3,(H,2,3,4). The number of hydrogen-bond donors (Lipinski definition) is 1. The van der Waals surface area contributed by atoms with E-state index in [-0.39, 0.29) is 0 Å². The minimum atomic E-state index is -3.67. The maximum absolute atomic E-state index is 9.19. The van der Waals surface area contributed by atoms with Crippen molar-refractivity contribution in [3.63, 3.8) is 0 Å². The van der Waals surface area contributed by atoms with E-state index in [2.05, 4.69) is 97.9 Å². The quantitative estimate of drug-likeness (QED) is 0.551. The molecular formula is C21H25O3PS. The third kappa shape index (κ3) is 5.25. The summed E-state index contributed by atoms with van der Waals surface area (Å²) >= 11 is 0. The number of hydrogen-bond acceptors (Lipinski definition) is 2. The Morgan fingerprint density at radius 3 is 1.12 bits per heavy atom. The molecule has 0 heterocycles. The van der Waals surface area contributed by atoms with E-state index >= 15 is 0 Å². The summed E-state index contributed by atoms with van der Waals surface area (Å²) in [5, 5.41) is 4.47. The van der Waals surface area contributed by atoms with Crippen LogP contribution in [-0.4, -0.2) is 25.4 Å². The molecule has 0 aliphatic rings. The Bertz CT molecular complexity index is 791. The first-order chi connectivity index (χ1) is 12.4. The number of benzene rings is 3. The second kappa shape index (κ2) is 9.09. The first-order valence-electron chi connectivity index (χ1n) is 8.47. The molecule has 0 fully saturated rings. The zero-order chi connectivity index (χ0) is 19.0. The van der Waals surface area contributed by atoms with Gasteiger partial charge in [-0.2, -0.15) is 8.42 Å². The van der Waals surface area contributed by atoms with Gasteiger partial charge in [-0.25, -0.2) is 0 Å². The van der Waals surface area contributed by atoms with Crippen molar-refractivity contribution in [2.75, 3.05) is 12.4 Å². The van der Waals surface area contributed by atoms with Gasteiger partial charge in [0.1, 0.15) is 0 Å². The van der Waals surface area contributed by atoms with Crippen LogP contribution in [0.5, 0.6) is 0 Å². The molecule has 0 aliphatic carbocycles. The molecule has 0 radical (unpaired) electrons. The molecule has 3 aromatic carbocycles. The molecule has 0 amide bonds. The van der Waals surface area contributed by atoms with Gasteiger partial charge in [-0.3, -0.25) is 4.55 Å². The van der Waals surface area contributed by atoms with Gasteiger partial charge >= 0.3 is 127 Å². The smallest absolute Gasteiger partial charge is 0.261 e. The summed E-state index contributed by atoms with van der Waals surface area (Å²) < 4.78 is 25.9. The van der Waals surface area contributed by atoms with Crippen molar-refractivity contribution in [2.24, 2.45) is 0 Å². The Labute approximate surface area is 156 Å². The summed E-state index contributed by atoms with van der Waals surface area (Å²) in [6.45, 7) is 2.33. The van der Waals surface area contributed by atoms with E-state index < -0.39 is 17.4 Å². The van der Waals surface area contributed by atoms with E-state index in [9.17, 15) is 8.42 Å². The summed E-state index contributed by atoms with van der Waals surface area (Å²) in [5.41, 5.74) is 0. The summed E-state index contributed by atoms with van der Waals surface area (Å²) in [6.07, 6.45) is 1.89. The Hall–Kier alpha value is -2.00. The van der Waals surface area contributed by atoms with Gasteiger partial charge in [0, 0.05) is 0 Å². The van der Waals surface area contributed by atoms with Gasteiger partial charge < -0.3 is 0 Å². The van der Waals surface area contributed by atoms with Crippen LogP contribution in [0.3, 0.4) is 0 Å². The summed E-state index contributed by atoms with van der Waals surface area (Å²) in [7, 11) is -5.56. The first kappa shape index (κ1) is 20.3. The minimum Gasteiger partial charge on any atom is -0.286 e. The molecule has 1 N–H and O–H groups in total. The molecule has 3 nitrogen and oxygen atoms in total. The fourth-order valence-corrected chi connectivity index (χ4v) is 7.79. The second-order valence-electron chi connectivity index (χ2n) is 6.09. The predicted molar refractivity (Wildman–Crippen MR) is 115 cm³/mol. The van der Waals surface area contributed by atoms with Crippen LogP contribution >= 0.6 is 7.26 Å². The Morgan fingerprint density at radius 1 is 0.692 bits per heavy atom. The molecule has 0 bridgehead atoms. The molecule has 3 aromatic rings. The van der Waals surface area contributed by atoms with Crippen LogP contribution in [0.1, 0.15) is 6.92 Å². The SMILES string of the molecule is CC[PH](c1ccccc1)(c1ccccc1)c1ccccc1.CS(=O)(=O)O. The second-order valence-corrected chi connectivity index (χ2v) is 11.8. The van der Waals surface area contributed by atoms with Gasteiger partial charge in [0.15, 0.2) is 0 Å². The molecule has 0 atom stereocenters. The van der Waals surface area contributed by atoms with E-state index in [0.29, 0.717) is 6.26 Å². The van der Waals surface area contributed by atoms with Crippen molar-refractivity contribution >= 4 is 33.3 Å². The molecule has 0 unspecified atom stereocenters. The van der Waals surface area contributed by atoms with Crippen molar-refractivity contribution in [3.8, 4) is 0 Å². The van der Waals surface area contributed by atoms with Crippen molar-refractivity contribution in [1.82, 2.24) is 0 Å². The van der Waals surface area contributed by atoms with Crippen molar-refractivity contribution in [1.29, 1.82) is 0 Å². The monoisotopic (exact) mass is 388 g/mol. The molecule has 138 valence electrons. The zero-order valence-corrected chi connectivity index (χ0v) is 16.9. The summed E-state index contributed by atoms with van der Waals surface area (Å²) in [4.78, 5) is 0. The zero-order valence-electron chi connectivity index (χ0n) is 15.0. The van der Waals surface area contributed by atoms with Gasteiger partial charge in [-0.05, 0) is 0 Å². The first-order valence-corrected chi connectivity index (χ1v) is 12.5. The third-order valence-electron chi connectivity index (χ3n) is 4.33. The fraction of sp³-hybridized carbons (Fsp3) is 0.143. The van der Waals surface area contributed by atoms with Crippen LogP contribution in [0.15, 0.2) is 91.0 Å². The van der Waals surface area contributed by atoms with E-state index in [0.717, 1.165) is 0 Å². The Balaban J connectivity index is 0.000000431. The van der Waals surface area contributed by atoms with Crippen LogP contribution < -0.4 is 15.9 Å². The van der Waals surface area contributed by atoms with Gasteiger partial charge in [-0.1, -0.05) is 0 Å². The van der Waals surface area contributed by atoms with E-state index in [1.807, 2.05) is 0 Å². The molecule has 0 saturated heterocycles.